The molecule has 0 saturated heterocycles. The first-order valence-electron chi connectivity index (χ1n) is 6.75. The minimum absolute atomic E-state index is 0.0323. The van der Waals surface area contributed by atoms with Crippen LogP contribution < -0.4 is 10.1 Å². The Kier molecular flexibility index (Phi) is 7.46. The van der Waals surface area contributed by atoms with Crippen LogP contribution in [0.3, 0.4) is 0 Å². The van der Waals surface area contributed by atoms with Crippen LogP contribution in [0.1, 0.15) is 31.5 Å². The van der Waals surface area contributed by atoms with Crippen molar-refractivity contribution in [2.45, 2.75) is 32.2 Å². The molecule has 0 aromatic carbocycles. The van der Waals surface area contributed by atoms with E-state index in [0.717, 1.165) is 18.7 Å². The number of nitrogens with one attached hydrogen (secondary N) is 1. The van der Waals surface area contributed by atoms with Gasteiger partial charge in [0.1, 0.15) is 6.61 Å². The third kappa shape index (κ3) is 5.05. The van der Waals surface area contributed by atoms with Crippen molar-refractivity contribution in [3.63, 3.8) is 0 Å². The predicted octanol–water partition coefficient (Wildman–Crippen LogP) is 2.14. The zero-order valence-electron chi connectivity index (χ0n) is 12.2. The number of rotatable bonds is 10. The minimum Gasteiger partial charge on any atom is -0.493 e. The van der Waals surface area contributed by atoms with Gasteiger partial charge in [0, 0.05) is 13.7 Å². The summed E-state index contributed by atoms with van der Waals surface area (Å²) in [4.78, 5) is 0. The highest BCUT2D eigenvalue weighted by atomic mass is 19.3. The Morgan fingerprint density at radius 1 is 1.45 bits per heavy atom. The van der Waals surface area contributed by atoms with Crippen LogP contribution in [0, 0.1) is 0 Å². The maximum absolute atomic E-state index is 12.0. The summed E-state index contributed by atoms with van der Waals surface area (Å²) in [6, 6.07) is -0.0323. The zero-order chi connectivity index (χ0) is 15.0. The van der Waals surface area contributed by atoms with Gasteiger partial charge in [-0.15, -0.1) is 0 Å². The van der Waals surface area contributed by atoms with Crippen molar-refractivity contribution in [3.8, 4) is 5.75 Å². The summed E-state index contributed by atoms with van der Waals surface area (Å²) >= 11 is 0. The number of aryl methyl sites for hydroxylation is 1. The number of hydrogen-bond acceptors (Lipinski definition) is 4. The molecule has 1 atom stereocenters. The van der Waals surface area contributed by atoms with E-state index in [1.807, 2.05) is 7.05 Å². The van der Waals surface area contributed by atoms with Gasteiger partial charge in [-0.05, 0) is 19.4 Å². The van der Waals surface area contributed by atoms with Gasteiger partial charge >= 0.3 is 0 Å². The van der Waals surface area contributed by atoms with E-state index in [1.54, 1.807) is 18.0 Å². The largest absolute Gasteiger partial charge is 0.493 e. The molecule has 1 unspecified atom stereocenters. The number of nitrogens with zero attached hydrogens (tertiary/aromatic N) is 2. The highest BCUT2D eigenvalue weighted by molar-refractivity contribution is 5.28. The third-order valence-electron chi connectivity index (χ3n) is 2.93. The Morgan fingerprint density at radius 2 is 2.20 bits per heavy atom. The van der Waals surface area contributed by atoms with Crippen molar-refractivity contribution in [1.29, 1.82) is 0 Å². The molecule has 1 N–H and O–H groups in total. The lowest BCUT2D eigenvalue weighted by atomic mass is 10.1. The Bertz CT molecular complexity index is 386. The third-order valence-corrected chi connectivity index (χ3v) is 2.93. The summed E-state index contributed by atoms with van der Waals surface area (Å²) < 4.78 is 36.1. The number of ether oxygens (including phenoxy) is 2. The molecule has 7 heteroatoms. The van der Waals surface area contributed by atoms with Crippen LogP contribution in [-0.2, 0) is 11.8 Å². The second-order valence-corrected chi connectivity index (χ2v) is 4.48. The summed E-state index contributed by atoms with van der Waals surface area (Å²) in [6.45, 7) is 2.63. The molecule has 20 heavy (non-hydrogen) atoms. The fourth-order valence-electron chi connectivity index (χ4n) is 2.01. The first-order valence-corrected chi connectivity index (χ1v) is 6.75. The summed E-state index contributed by atoms with van der Waals surface area (Å²) in [5.41, 5.74) is 0.904. The first kappa shape index (κ1) is 16.8. The van der Waals surface area contributed by atoms with Crippen LogP contribution in [0.4, 0.5) is 8.78 Å². The number of hydrogen-bond donors (Lipinski definition) is 1. The first-order chi connectivity index (χ1) is 9.60. The van der Waals surface area contributed by atoms with E-state index in [4.69, 9.17) is 9.47 Å². The lowest BCUT2D eigenvalue weighted by molar-refractivity contribution is 0.0141. The highest BCUT2D eigenvalue weighted by Crippen LogP contribution is 2.26. The van der Waals surface area contributed by atoms with Gasteiger partial charge in [0.25, 0.3) is 6.43 Å². The zero-order valence-corrected chi connectivity index (χ0v) is 12.2. The van der Waals surface area contributed by atoms with Gasteiger partial charge in [-0.2, -0.15) is 5.10 Å². The average molecular weight is 291 g/mol. The number of methoxy groups -OCH3 is 1. The van der Waals surface area contributed by atoms with Gasteiger partial charge in [0.2, 0.25) is 0 Å². The summed E-state index contributed by atoms with van der Waals surface area (Å²) in [6.07, 6.45) is 0.788. The van der Waals surface area contributed by atoms with E-state index >= 15 is 0 Å². The lowest BCUT2D eigenvalue weighted by Crippen LogP contribution is -2.26. The molecule has 1 aromatic heterocycles. The summed E-state index contributed by atoms with van der Waals surface area (Å²) in [7, 11) is 3.42. The monoisotopic (exact) mass is 291 g/mol. The van der Waals surface area contributed by atoms with Crippen LogP contribution in [0.2, 0.25) is 0 Å². The Labute approximate surface area is 118 Å². The molecule has 1 aromatic rings. The molecular weight excluding hydrogens is 268 g/mol. The van der Waals surface area contributed by atoms with Crippen LogP contribution in [0.5, 0.6) is 5.75 Å². The standard InChI is InChI=1S/C13H23F2N3O2/c1-4-6-16-10(5-7-20-9-12(14)15)13-11(19-3)8-17-18(13)2/h8,10,12,16H,4-7,9H2,1-3H3. The van der Waals surface area contributed by atoms with Crippen molar-refractivity contribution in [3.05, 3.63) is 11.9 Å². The van der Waals surface area contributed by atoms with Crippen LogP contribution in [0.15, 0.2) is 6.20 Å². The summed E-state index contributed by atoms with van der Waals surface area (Å²) in [5.74, 6) is 0.690. The van der Waals surface area contributed by atoms with E-state index < -0.39 is 13.0 Å². The number of aromatic nitrogens is 2. The van der Waals surface area contributed by atoms with Gasteiger partial charge in [-0.1, -0.05) is 6.92 Å². The normalized spacial score (nSPS) is 12.9. The van der Waals surface area contributed by atoms with Crippen molar-refractivity contribution in [2.24, 2.45) is 7.05 Å². The Balaban J connectivity index is 2.65. The van der Waals surface area contributed by atoms with Gasteiger partial charge in [-0.25, -0.2) is 8.78 Å². The molecule has 0 bridgehead atoms. The quantitative estimate of drug-likeness (QED) is 0.671. The van der Waals surface area contributed by atoms with Gasteiger partial charge in [-0.3, -0.25) is 4.68 Å². The van der Waals surface area contributed by atoms with E-state index in [-0.39, 0.29) is 12.6 Å². The molecule has 0 fully saturated rings. The number of halogens is 2. The Morgan fingerprint density at radius 3 is 2.80 bits per heavy atom. The van der Waals surface area contributed by atoms with E-state index in [0.29, 0.717) is 12.2 Å². The minimum atomic E-state index is -2.43. The Hall–Kier alpha value is -1.21. The van der Waals surface area contributed by atoms with Gasteiger partial charge in [0.05, 0.1) is 25.0 Å². The second kappa shape index (κ2) is 8.86. The molecule has 1 rings (SSSR count). The molecule has 0 radical (unpaired) electrons. The predicted molar refractivity (Wildman–Crippen MR) is 72.2 cm³/mol. The fraction of sp³-hybridized carbons (Fsp3) is 0.769. The molecule has 0 saturated carbocycles. The van der Waals surface area contributed by atoms with Crippen molar-refractivity contribution in [2.75, 3.05) is 26.9 Å². The summed E-state index contributed by atoms with van der Waals surface area (Å²) in [5, 5.41) is 7.53. The topological polar surface area (TPSA) is 48.3 Å². The van der Waals surface area contributed by atoms with E-state index in [2.05, 4.69) is 17.3 Å². The molecule has 0 aliphatic carbocycles. The number of alkyl halides is 2. The maximum atomic E-state index is 12.0. The van der Waals surface area contributed by atoms with Gasteiger partial charge < -0.3 is 14.8 Å². The second-order valence-electron chi connectivity index (χ2n) is 4.48. The molecule has 1 heterocycles. The highest BCUT2D eigenvalue weighted by Gasteiger charge is 2.20. The van der Waals surface area contributed by atoms with Crippen LogP contribution >= 0.6 is 0 Å². The van der Waals surface area contributed by atoms with Crippen molar-refractivity contribution in [1.82, 2.24) is 15.1 Å². The van der Waals surface area contributed by atoms with Crippen molar-refractivity contribution >= 4 is 0 Å². The lowest BCUT2D eigenvalue weighted by Gasteiger charge is -2.20. The van der Waals surface area contributed by atoms with Crippen LogP contribution in [-0.4, -0.2) is 43.1 Å². The molecule has 0 amide bonds. The fourth-order valence-corrected chi connectivity index (χ4v) is 2.01. The molecule has 0 aliphatic heterocycles. The van der Waals surface area contributed by atoms with E-state index in [1.165, 1.54) is 0 Å². The SMILES string of the molecule is CCCNC(CCOCC(F)F)c1c(OC)cnn1C. The smallest absolute Gasteiger partial charge is 0.261 e. The molecule has 5 nitrogen and oxygen atoms in total. The van der Waals surface area contributed by atoms with Gasteiger partial charge in [0.15, 0.2) is 5.75 Å². The molecule has 0 spiro atoms. The molecule has 116 valence electrons. The van der Waals surface area contributed by atoms with Crippen LogP contribution in [0.25, 0.3) is 0 Å². The maximum Gasteiger partial charge on any atom is 0.261 e. The van der Waals surface area contributed by atoms with E-state index in [9.17, 15) is 8.78 Å². The average Bonchev–Trinajstić information content (AvgIpc) is 2.79. The van der Waals surface area contributed by atoms with Crippen molar-refractivity contribution < 1.29 is 18.3 Å². The molecular formula is C13H23F2N3O2. The molecule has 0 aliphatic rings.